The van der Waals surface area contributed by atoms with Crippen molar-refractivity contribution in [3.8, 4) is 0 Å². The fraction of sp³-hybridized carbons (Fsp3) is 0.238. The highest BCUT2D eigenvalue weighted by Gasteiger charge is 2.24. The summed E-state index contributed by atoms with van der Waals surface area (Å²) >= 11 is 6.19. The molecule has 2 aromatic carbocycles. The molecule has 1 aliphatic rings. The van der Waals surface area contributed by atoms with E-state index < -0.39 is 11.2 Å². The lowest BCUT2D eigenvalue weighted by atomic mass is 10.2. The van der Waals surface area contributed by atoms with Crippen molar-refractivity contribution in [2.75, 3.05) is 5.32 Å². The first-order valence-corrected chi connectivity index (χ1v) is 9.92. The number of amides is 2. The SMILES string of the molecule is O=C(CCn1c(=O)[nH]c(=O)c2ccccc21)Nc1ccc(C(=O)NC2CC2)c(Cl)c1. The Kier molecular flexibility index (Phi) is 5.41. The van der Waals surface area contributed by atoms with Crippen molar-refractivity contribution >= 4 is 40.0 Å². The number of rotatable bonds is 6. The van der Waals surface area contributed by atoms with Gasteiger partial charge in [0, 0.05) is 24.7 Å². The molecule has 0 saturated heterocycles. The largest absolute Gasteiger partial charge is 0.349 e. The molecule has 0 bridgehead atoms. The summed E-state index contributed by atoms with van der Waals surface area (Å²) in [6, 6.07) is 11.6. The summed E-state index contributed by atoms with van der Waals surface area (Å²) in [6.45, 7) is 0.0948. The highest BCUT2D eigenvalue weighted by atomic mass is 35.5. The van der Waals surface area contributed by atoms with Gasteiger partial charge in [-0.05, 0) is 43.2 Å². The van der Waals surface area contributed by atoms with Gasteiger partial charge in [-0.25, -0.2) is 4.79 Å². The van der Waals surface area contributed by atoms with E-state index in [9.17, 15) is 19.2 Å². The van der Waals surface area contributed by atoms with Gasteiger partial charge in [0.05, 0.1) is 21.5 Å². The summed E-state index contributed by atoms with van der Waals surface area (Å²) < 4.78 is 1.36. The normalized spacial score (nSPS) is 13.2. The zero-order valence-corrected chi connectivity index (χ0v) is 16.7. The third kappa shape index (κ3) is 4.28. The number of halogens is 1. The van der Waals surface area contributed by atoms with Gasteiger partial charge in [-0.3, -0.25) is 23.9 Å². The van der Waals surface area contributed by atoms with E-state index in [2.05, 4.69) is 15.6 Å². The number of carbonyl (C=O) groups is 2. The lowest BCUT2D eigenvalue weighted by molar-refractivity contribution is -0.116. The first-order valence-electron chi connectivity index (χ1n) is 9.54. The van der Waals surface area contributed by atoms with Crippen LogP contribution < -0.4 is 21.9 Å². The number of aryl methyl sites for hydroxylation is 1. The number of aromatic nitrogens is 2. The molecule has 0 unspecified atom stereocenters. The van der Waals surface area contributed by atoms with Crippen LogP contribution in [-0.2, 0) is 11.3 Å². The van der Waals surface area contributed by atoms with E-state index in [1.165, 1.54) is 10.6 Å². The minimum absolute atomic E-state index is 0.0114. The molecule has 1 saturated carbocycles. The Morgan fingerprint density at radius 3 is 2.63 bits per heavy atom. The van der Waals surface area contributed by atoms with Gasteiger partial charge in [-0.2, -0.15) is 0 Å². The molecule has 8 nitrogen and oxygen atoms in total. The minimum atomic E-state index is -0.569. The van der Waals surface area contributed by atoms with Crippen LogP contribution in [0.3, 0.4) is 0 Å². The van der Waals surface area contributed by atoms with Crippen molar-refractivity contribution in [3.63, 3.8) is 0 Å². The molecule has 1 aromatic heterocycles. The lowest BCUT2D eigenvalue weighted by Crippen LogP contribution is -2.31. The average Bonchev–Trinajstić information content (AvgIpc) is 3.51. The smallest absolute Gasteiger partial charge is 0.328 e. The van der Waals surface area contributed by atoms with Crippen LogP contribution in [-0.4, -0.2) is 27.4 Å². The summed E-state index contributed by atoms with van der Waals surface area (Å²) in [7, 11) is 0. The predicted octanol–water partition coefficient (Wildman–Crippen LogP) is 2.26. The Balaban J connectivity index is 1.44. The summed E-state index contributed by atoms with van der Waals surface area (Å²) in [4.78, 5) is 50.8. The maximum Gasteiger partial charge on any atom is 0.328 e. The van der Waals surface area contributed by atoms with E-state index in [0.717, 1.165) is 12.8 Å². The molecule has 1 heterocycles. The average molecular weight is 427 g/mol. The van der Waals surface area contributed by atoms with Crippen molar-refractivity contribution in [2.45, 2.75) is 31.8 Å². The van der Waals surface area contributed by atoms with Gasteiger partial charge < -0.3 is 10.6 Å². The molecule has 3 N–H and O–H groups in total. The number of nitrogens with one attached hydrogen (secondary N) is 3. The Hall–Kier alpha value is -3.39. The van der Waals surface area contributed by atoms with Crippen LogP contribution in [0.1, 0.15) is 29.6 Å². The van der Waals surface area contributed by atoms with Gasteiger partial charge >= 0.3 is 5.69 Å². The molecular weight excluding hydrogens is 408 g/mol. The first kappa shape index (κ1) is 19.9. The minimum Gasteiger partial charge on any atom is -0.349 e. The van der Waals surface area contributed by atoms with Crippen molar-refractivity contribution in [1.29, 1.82) is 0 Å². The zero-order valence-electron chi connectivity index (χ0n) is 15.9. The van der Waals surface area contributed by atoms with Crippen LogP contribution in [0.5, 0.6) is 0 Å². The quantitative estimate of drug-likeness (QED) is 0.561. The monoisotopic (exact) mass is 426 g/mol. The van der Waals surface area contributed by atoms with Crippen LogP contribution in [0.2, 0.25) is 5.02 Å². The molecule has 4 rings (SSSR count). The van der Waals surface area contributed by atoms with Crippen molar-refractivity contribution in [1.82, 2.24) is 14.9 Å². The molecule has 9 heteroatoms. The van der Waals surface area contributed by atoms with Crippen molar-refractivity contribution < 1.29 is 9.59 Å². The standard InChI is InChI=1S/C21H19ClN4O4/c22-16-11-13(7-8-14(16)19(28)24-12-5-6-12)23-18(27)9-10-26-17-4-2-1-3-15(17)20(29)25-21(26)30/h1-4,7-8,11-12H,5-6,9-10H2,(H,23,27)(H,24,28)(H,25,29,30). The molecule has 0 spiro atoms. The molecule has 1 fully saturated rings. The molecule has 1 aliphatic carbocycles. The summed E-state index contributed by atoms with van der Waals surface area (Å²) in [5.41, 5.74) is 0.241. The summed E-state index contributed by atoms with van der Waals surface area (Å²) in [5, 5.41) is 6.20. The summed E-state index contributed by atoms with van der Waals surface area (Å²) in [5.74, 6) is -0.562. The van der Waals surface area contributed by atoms with Gasteiger partial charge in [-0.15, -0.1) is 0 Å². The molecule has 0 atom stereocenters. The predicted molar refractivity (Wildman–Crippen MR) is 114 cm³/mol. The van der Waals surface area contributed by atoms with Crippen molar-refractivity contribution in [3.05, 3.63) is 73.9 Å². The van der Waals surface area contributed by atoms with Gasteiger partial charge in [0.2, 0.25) is 5.91 Å². The van der Waals surface area contributed by atoms with Gasteiger partial charge in [0.25, 0.3) is 11.5 Å². The molecule has 3 aromatic rings. The number of aromatic amines is 1. The Morgan fingerprint density at radius 1 is 1.13 bits per heavy atom. The topological polar surface area (TPSA) is 113 Å². The second-order valence-corrected chi connectivity index (χ2v) is 7.58. The third-order valence-corrected chi connectivity index (χ3v) is 5.19. The molecule has 0 aliphatic heterocycles. The second kappa shape index (κ2) is 8.16. The van der Waals surface area contributed by atoms with E-state index in [0.29, 0.717) is 22.2 Å². The Labute approximate surface area is 175 Å². The number of benzene rings is 2. The van der Waals surface area contributed by atoms with Crippen LogP contribution in [0, 0.1) is 0 Å². The van der Waals surface area contributed by atoms with E-state index in [1.54, 1.807) is 36.4 Å². The first-order chi connectivity index (χ1) is 14.4. The van der Waals surface area contributed by atoms with Gasteiger partial charge in [0.15, 0.2) is 0 Å². The van der Waals surface area contributed by atoms with E-state index >= 15 is 0 Å². The molecule has 154 valence electrons. The second-order valence-electron chi connectivity index (χ2n) is 7.17. The molecule has 2 amide bonds. The highest BCUT2D eigenvalue weighted by Crippen LogP contribution is 2.24. The third-order valence-electron chi connectivity index (χ3n) is 4.88. The summed E-state index contributed by atoms with van der Waals surface area (Å²) in [6.07, 6.45) is 1.97. The number of fused-ring (bicyclic) bond motifs is 1. The van der Waals surface area contributed by atoms with E-state index in [4.69, 9.17) is 11.6 Å². The maximum atomic E-state index is 12.4. The molecule has 30 heavy (non-hydrogen) atoms. The molecular formula is C21H19ClN4O4. The lowest BCUT2D eigenvalue weighted by Gasteiger charge is -2.11. The van der Waals surface area contributed by atoms with Crippen LogP contribution in [0.4, 0.5) is 5.69 Å². The van der Waals surface area contributed by atoms with Gasteiger partial charge in [0.1, 0.15) is 0 Å². The van der Waals surface area contributed by atoms with E-state index in [1.807, 2.05) is 0 Å². The van der Waals surface area contributed by atoms with E-state index in [-0.39, 0.29) is 35.8 Å². The number of H-pyrrole nitrogens is 1. The fourth-order valence-corrected chi connectivity index (χ4v) is 3.44. The van der Waals surface area contributed by atoms with Crippen molar-refractivity contribution in [2.24, 2.45) is 0 Å². The van der Waals surface area contributed by atoms with Gasteiger partial charge in [-0.1, -0.05) is 23.7 Å². The fourth-order valence-electron chi connectivity index (χ4n) is 3.17. The van der Waals surface area contributed by atoms with Crippen LogP contribution in [0.15, 0.2) is 52.1 Å². The Morgan fingerprint density at radius 2 is 1.90 bits per heavy atom. The number of hydrogen-bond donors (Lipinski definition) is 3. The number of para-hydroxylation sites is 1. The zero-order chi connectivity index (χ0) is 21.3. The van der Waals surface area contributed by atoms with Crippen LogP contribution >= 0.6 is 11.6 Å². The molecule has 0 radical (unpaired) electrons. The number of nitrogens with zero attached hydrogens (tertiary/aromatic N) is 1. The Bertz CT molecular complexity index is 1260. The van der Waals surface area contributed by atoms with Crippen LogP contribution in [0.25, 0.3) is 10.9 Å². The number of hydrogen-bond acceptors (Lipinski definition) is 4. The number of carbonyl (C=O) groups excluding carboxylic acids is 2. The number of anilines is 1. The maximum absolute atomic E-state index is 12.4. The highest BCUT2D eigenvalue weighted by molar-refractivity contribution is 6.34.